The summed E-state index contributed by atoms with van der Waals surface area (Å²) in [6.07, 6.45) is 6.30. The van der Waals surface area contributed by atoms with Crippen molar-refractivity contribution in [3.8, 4) is 0 Å². The van der Waals surface area contributed by atoms with Gasteiger partial charge in [0.1, 0.15) is 0 Å². The van der Waals surface area contributed by atoms with Gasteiger partial charge in [0.25, 0.3) is 0 Å². The second kappa shape index (κ2) is 18.4. The Labute approximate surface area is 276 Å². The lowest BCUT2D eigenvalue weighted by molar-refractivity contribution is -0.151. The van der Waals surface area contributed by atoms with Gasteiger partial charge in [-0.25, -0.2) is 0 Å². The van der Waals surface area contributed by atoms with Crippen LogP contribution in [0.25, 0.3) is 0 Å². The number of aliphatic hydroxyl groups excluding tert-OH is 1. The number of ether oxygens (including phenoxy) is 4. The number of likely N-dealkylation sites (N-methyl/N-ethyl adjacent to an activating group) is 2. The van der Waals surface area contributed by atoms with E-state index in [1.807, 2.05) is 14.0 Å². The van der Waals surface area contributed by atoms with E-state index in [1.54, 1.807) is 18.9 Å². The summed E-state index contributed by atoms with van der Waals surface area (Å²) in [7, 11) is -1.87. The average Bonchev–Trinajstić information content (AvgIpc) is 3.53. The van der Waals surface area contributed by atoms with Crippen molar-refractivity contribution < 1.29 is 59.4 Å². The number of hydrogen-bond acceptors (Lipinski definition) is 12. The van der Waals surface area contributed by atoms with Gasteiger partial charge in [0.15, 0.2) is 0 Å². The Morgan fingerprint density at radius 2 is 1.15 bits per heavy atom. The molecule has 0 bridgehead atoms. The summed E-state index contributed by atoms with van der Waals surface area (Å²) in [6.45, 7) is 6.21. The molecule has 2 heterocycles. The number of aliphatic hydroxyl groups is 1. The molecule has 274 valence electrons. The quantitative estimate of drug-likeness (QED) is 0.181. The Morgan fingerprint density at radius 3 is 1.53 bits per heavy atom. The molecule has 0 radical (unpaired) electrons. The van der Waals surface area contributed by atoms with Gasteiger partial charge in [0, 0.05) is 25.2 Å². The Balaban J connectivity index is 0.000000267. The van der Waals surface area contributed by atoms with E-state index in [0.29, 0.717) is 51.5 Å². The maximum atomic E-state index is 12.4. The van der Waals surface area contributed by atoms with Crippen LogP contribution in [-0.2, 0) is 42.8 Å². The van der Waals surface area contributed by atoms with Crippen molar-refractivity contribution in [1.29, 1.82) is 0 Å². The Hall–Kier alpha value is -1.56. The summed E-state index contributed by atoms with van der Waals surface area (Å²) in [6, 6.07) is 0.106. The van der Waals surface area contributed by atoms with E-state index in [2.05, 4.69) is 9.08 Å². The summed E-state index contributed by atoms with van der Waals surface area (Å²) in [5.74, 6) is -0.281. The lowest BCUT2D eigenvalue weighted by atomic mass is 9.87. The number of β-amino-alcohol motifs (C(OH)–C–C–N with tert-alkyl or cyclic N) is 1. The third-order valence-electron chi connectivity index (χ3n) is 9.50. The summed E-state index contributed by atoms with van der Waals surface area (Å²) in [5, 5.41) is 9.60. The third kappa shape index (κ3) is 12.4. The molecule has 0 aromatic heterocycles. The second-order valence-corrected chi connectivity index (χ2v) is 14.6. The predicted molar refractivity (Wildman–Crippen MR) is 165 cm³/mol. The molecule has 0 aromatic rings. The monoisotopic (exact) mass is 702 g/mol. The molecule has 0 unspecified atom stereocenters. The smallest absolute Gasteiger partial charge is 0.466 e. The van der Waals surface area contributed by atoms with Crippen molar-refractivity contribution in [2.45, 2.75) is 120 Å². The van der Waals surface area contributed by atoms with Crippen LogP contribution in [-0.4, -0.2) is 131 Å². The molecule has 2 aliphatic carbocycles. The van der Waals surface area contributed by atoms with E-state index >= 15 is 0 Å². The molecule has 4 fully saturated rings. The van der Waals surface area contributed by atoms with Crippen molar-refractivity contribution in [2.24, 2.45) is 11.8 Å². The molecule has 47 heavy (non-hydrogen) atoms. The minimum absolute atomic E-state index is 0.0250. The van der Waals surface area contributed by atoms with Crippen LogP contribution in [0.4, 0.5) is 13.2 Å². The van der Waals surface area contributed by atoms with Gasteiger partial charge in [-0.15, -0.1) is 0 Å². The maximum Gasteiger partial charge on any atom is 0.523 e. The summed E-state index contributed by atoms with van der Waals surface area (Å²) in [5.41, 5.74) is -5.42. The molecule has 0 spiro atoms. The molecule has 12 nitrogen and oxygen atoms in total. The highest BCUT2D eigenvalue weighted by atomic mass is 32.2. The zero-order valence-electron chi connectivity index (χ0n) is 28.0. The highest BCUT2D eigenvalue weighted by Crippen LogP contribution is 2.31. The fourth-order valence-electron chi connectivity index (χ4n) is 6.72. The zero-order valence-corrected chi connectivity index (χ0v) is 28.8. The number of carbonyl (C=O) groups excluding carboxylic acids is 2. The molecule has 4 atom stereocenters. The van der Waals surface area contributed by atoms with E-state index in [0.717, 1.165) is 38.6 Å². The van der Waals surface area contributed by atoms with Gasteiger partial charge in [0.2, 0.25) is 0 Å². The van der Waals surface area contributed by atoms with E-state index in [9.17, 15) is 36.3 Å². The molecule has 4 aliphatic rings. The zero-order chi connectivity index (χ0) is 34.8. The van der Waals surface area contributed by atoms with Crippen molar-refractivity contribution >= 4 is 22.1 Å². The minimum Gasteiger partial charge on any atom is -0.466 e. The normalized spacial score (nSPS) is 32.4. The number of hydrogen-bond donors (Lipinski definition) is 1. The fraction of sp³-hybridized carbons (Fsp3) is 0.935. The van der Waals surface area contributed by atoms with Crippen LogP contribution in [0, 0.1) is 11.8 Å². The Kier molecular flexibility index (Phi) is 15.6. The van der Waals surface area contributed by atoms with Gasteiger partial charge in [-0.1, -0.05) is 0 Å². The first-order valence-corrected chi connectivity index (χ1v) is 18.2. The summed E-state index contributed by atoms with van der Waals surface area (Å²) < 4.78 is 85.7. The molecule has 16 heteroatoms. The van der Waals surface area contributed by atoms with Crippen LogP contribution in [0.1, 0.15) is 78.1 Å². The number of carbonyl (C=O) groups is 2. The number of nitrogens with zero attached hydrogens (tertiary/aromatic N) is 2. The van der Waals surface area contributed by atoms with Crippen molar-refractivity contribution in [2.75, 3.05) is 53.6 Å². The van der Waals surface area contributed by atoms with Crippen LogP contribution in [0.15, 0.2) is 0 Å². The van der Waals surface area contributed by atoms with Gasteiger partial charge >= 0.3 is 27.6 Å². The second-order valence-electron chi connectivity index (χ2n) is 13.0. The van der Waals surface area contributed by atoms with Crippen molar-refractivity contribution in [1.82, 2.24) is 9.80 Å². The molecule has 0 aromatic carbocycles. The van der Waals surface area contributed by atoms with Gasteiger partial charge in [0.05, 0.1) is 62.7 Å². The summed E-state index contributed by atoms with van der Waals surface area (Å²) >= 11 is 0. The fourth-order valence-corrected chi connectivity index (χ4v) is 7.32. The van der Waals surface area contributed by atoms with E-state index < -0.39 is 21.7 Å². The van der Waals surface area contributed by atoms with Crippen LogP contribution < -0.4 is 0 Å². The topological polar surface area (TPSA) is 141 Å². The number of rotatable bonds is 12. The number of halogens is 3. The number of likely N-dealkylation sites (tertiary alicyclic amines) is 2. The molecular weight excluding hydrogens is 649 g/mol. The minimum atomic E-state index is -5.59. The lowest BCUT2D eigenvalue weighted by Gasteiger charge is -2.29. The Morgan fingerprint density at radius 1 is 0.723 bits per heavy atom. The first-order chi connectivity index (χ1) is 22.1. The molecule has 0 amide bonds. The summed E-state index contributed by atoms with van der Waals surface area (Å²) in [4.78, 5) is 27.3. The van der Waals surface area contributed by atoms with E-state index in [1.165, 1.54) is 0 Å². The van der Waals surface area contributed by atoms with Gasteiger partial charge in [-0.05, 0) is 92.2 Å². The molecular formula is C31H53F3N2O10S. The van der Waals surface area contributed by atoms with Crippen LogP contribution >= 0.6 is 0 Å². The molecule has 4 rings (SSSR count). The van der Waals surface area contributed by atoms with Gasteiger partial charge in [-0.2, -0.15) is 21.6 Å². The number of alkyl halides is 3. The molecule has 2 aliphatic heterocycles. The van der Waals surface area contributed by atoms with E-state index in [-0.39, 0.29) is 67.7 Å². The largest absolute Gasteiger partial charge is 0.523 e. The predicted octanol–water partition coefficient (Wildman–Crippen LogP) is 3.25. The maximum absolute atomic E-state index is 12.4. The van der Waals surface area contributed by atoms with Crippen molar-refractivity contribution in [3.05, 3.63) is 0 Å². The van der Waals surface area contributed by atoms with E-state index in [4.69, 9.17) is 18.9 Å². The first-order valence-electron chi connectivity index (χ1n) is 16.8. The third-order valence-corrected chi connectivity index (χ3v) is 10.6. The number of esters is 2. The molecule has 2 saturated heterocycles. The molecule has 1 N–H and O–H groups in total. The Bertz CT molecular complexity index is 1080. The molecule has 2 saturated carbocycles. The highest BCUT2D eigenvalue weighted by Gasteiger charge is 2.50. The highest BCUT2D eigenvalue weighted by molar-refractivity contribution is 7.87. The van der Waals surface area contributed by atoms with Crippen molar-refractivity contribution in [3.63, 3.8) is 0 Å². The first kappa shape index (κ1) is 39.9. The lowest BCUT2D eigenvalue weighted by Crippen LogP contribution is -2.33. The standard InChI is InChI=1S/C16H26F3NO6S.C15H27NO4/c1-3-24-15(21)11-4-6-13(7-5-11)25-10-12-8-14(9-20(12)2)26-27(22,23)16(17,18)19;1-3-19-15(18)11-4-6-14(7-5-11)20-10-12-8-13(17)9-16(12)2/h11-14H,3-10H2,1-2H3;11-14,17H,3-10H2,1-2H3/t11?,12-,13?,14+;11?,12-,13+,14?/m00/s1. The SMILES string of the molecule is CCOC(=O)C1CCC(OC[C@@H]2C[C@@H](O)CN2C)CC1.CCOC(=O)C1CCC(OC[C@@H]2C[C@@H](OS(=O)(=O)C(F)(F)F)CN2C)CC1. The average molecular weight is 703 g/mol. The van der Waals surface area contributed by atoms with Gasteiger partial charge in [-0.3, -0.25) is 23.6 Å². The van der Waals surface area contributed by atoms with Crippen LogP contribution in [0.3, 0.4) is 0 Å². The van der Waals surface area contributed by atoms with Gasteiger partial charge < -0.3 is 24.1 Å². The van der Waals surface area contributed by atoms with Crippen LogP contribution in [0.5, 0.6) is 0 Å². The van der Waals surface area contributed by atoms with Crippen LogP contribution in [0.2, 0.25) is 0 Å².